The maximum Gasteiger partial charge on any atom is 0.257 e. The van der Waals surface area contributed by atoms with Crippen molar-refractivity contribution in [3.63, 3.8) is 0 Å². The summed E-state index contributed by atoms with van der Waals surface area (Å²) in [4.78, 5) is 14.0. The number of nitrogens with zero attached hydrogens (tertiary/aromatic N) is 2. The molecule has 0 saturated carbocycles. The summed E-state index contributed by atoms with van der Waals surface area (Å²) in [7, 11) is -3.72. The Morgan fingerprint density at radius 2 is 1.52 bits per heavy atom. The van der Waals surface area contributed by atoms with Gasteiger partial charge >= 0.3 is 0 Å². The maximum absolute atomic E-state index is 13.9. The van der Waals surface area contributed by atoms with Gasteiger partial charge in [-0.15, -0.1) is 0 Å². The van der Waals surface area contributed by atoms with Gasteiger partial charge in [-0.1, -0.05) is 36.4 Å². The first-order valence-corrected chi connectivity index (χ1v) is 10.5. The van der Waals surface area contributed by atoms with Crippen LogP contribution in [0.2, 0.25) is 0 Å². The summed E-state index contributed by atoms with van der Waals surface area (Å²) in [5, 5.41) is 1.77. The van der Waals surface area contributed by atoms with Crippen LogP contribution in [-0.2, 0) is 10.0 Å². The van der Waals surface area contributed by atoms with Crippen molar-refractivity contribution in [1.82, 2.24) is 9.21 Å². The quantitative estimate of drug-likeness (QED) is 0.659. The summed E-state index contributed by atoms with van der Waals surface area (Å²) in [5.41, 5.74) is -0.351. The lowest BCUT2D eigenvalue weighted by Crippen LogP contribution is -2.50. The standard InChI is InChI=1S/C21H18F2N2O3S/c22-19-7-3-6-18(20(19)23)21(26)24-10-12-25(13-11-24)29(27,28)17-9-8-15-4-1-2-5-16(15)14-17/h1-9,14H,10-13H2. The molecule has 5 nitrogen and oxygen atoms in total. The Morgan fingerprint density at radius 1 is 0.828 bits per heavy atom. The summed E-state index contributed by atoms with van der Waals surface area (Å²) >= 11 is 0. The molecule has 0 bridgehead atoms. The van der Waals surface area contributed by atoms with Gasteiger partial charge in [-0.05, 0) is 35.0 Å². The third-order valence-corrected chi connectivity index (χ3v) is 6.96. The van der Waals surface area contributed by atoms with Crippen molar-refractivity contribution < 1.29 is 22.0 Å². The van der Waals surface area contributed by atoms with Crippen LogP contribution in [0.5, 0.6) is 0 Å². The van der Waals surface area contributed by atoms with Gasteiger partial charge < -0.3 is 4.90 Å². The van der Waals surface area contributed by atoms with E-state index in [0.29, 0.717) is 0 Å². The predicted molar refractivity (Wildman–Crippen MR) is 105 cm³/mol. The zero-order valence-corrected chi connectivity index (χ0v) is 16.2. The van der Waals surface area contributed by atoms with Crippen molar-refractivity contribution in [2.24, 2.45) is 0 Å². The number of carbonyl (C=O) groups excluding carboxylic acids is 1. The molecule has 1 aliphatic rings. The van der Waals surface area contributed by atoms with Crippen LogP contribution in [0.25, 0.3) is 10.8 Å². The summed E-state index contributed by atoms with van der Waals surface area (Å²) in [5.74, 6) is -2.93. The van der Waals surface area contributed by atoms with E-state index in [-0.39, 0.29) is 36.6 Å². The van der Waals surface area contributed by atoms with Gasteiger partial charge in [-0.2, -0.15) is 4.31 Å². The van der Waals surface area contributed by atoms with Crippen LogP contribution in [0.3, 0.4) is 0 Å². The zero-order valence-electron chi connectivity index (χ0n) is 15.4. The highest BCUT2D eigenvalue weighted by atomic mass is 32.2. The van der Waals surface area contributed by atoms with Gasteiger partial charge in [0.15, 0.2) is 11.6 Å². The highest BCUT2D eigenvalue weighted by molar-refractivity contribution is 7.89. The molecule has 1 amide bonds. The fourth-order valence-corrected chi connectivity index (χ4v) is 4.91. The van der Waals surface area contributed by atoms with E-state index in [9.17, 15) is 22.0 Å². The Kier molecular flexibility index (Phi) is 5.06. The minimum atomic E-state index is -3.72. The Labute approximate surface area is 167 Å². The normalized spacial score (nSPS) is 15.6. The monoisotopic (exact) mass is 416 g/mol. The van der Waals surface area contributed by atoms with Gasteiger partial charge in [0.2, 0.25) is 10.0 Å². The number of halogens is 2. The van der Waals surface area contributed by atoms with Crippen molar-refractivity contribution in [3.05, 3.63) is 77.9 Å². The maximum atomic E-state index is 13.9. The van der Waals surface area contributed by atoms with Crippen LogP contribution < -0.4 is 0 Å². The second kappa shape index (κ2) is 7.53. The third-order valence-electron chi connectivity index (χ3n) is 5.07. The second-order valence-electron chi connectivity index (χ2n) is 6.81. The molecule has 0 aliphatic carbocycles. The van der Waals surface area contributed by atoms with Gasteiger partial charge in [0, 0.05) is 26.2 Å². The highest BCUT2D eigenvalue weighted by Gasteiger charge is 2.31. The number of hydrogen-bond donors (Lipinski definition) is 0. The number of hydrogen-bond acceptors (Lipinski definition) is 3. The van der Waals surface area contributed by atoms with Crippen LogP contribution in [-0.4, -0.2) is 49.7 Å². The zero-order chi connectivity index (χ0) is 20.6. The van der Waals surface area contributed by atoms with E-state index in [2.05, 4.69) is 0 Å². The number of piperazine rings is 1. The Bertz CT molecular complexity index is 1190. The Morgan fingerprint density at radius 3 is 2.24 bits per heavy atom. The molecule has 0 N–H and O–H groups in total. The van der Waals surface area contributed by atoms with Gasteiger partial charge in [0.05, 0.1) is 10.5 Å². The van der Waals surface area contributed by atoms with Gasteiger partial charge in [-0.25, -0.2) is 17.2 Å². The largest absolute Gasteiger partial charge is 0.336 e. The molecule has 4 rings (SSSR count). The molecule has 3 aromatic rings. The molecule has 3 aromatic carbocycles. The minimum Gasteiger partial charge on any atom is -0.336 e. The Balaban J connectivity index is 1.51. The van der Waals surface area contributed by atoms with Crippen LogP contribution in [0.4, 0.5) is 8.78 Å². The smallest absolute Gasteiger partial charge is 0.257 e. The van der Waals surface area contributed by atoms with Crippen molar-refractivity contribution >= 4 is 26.7 Å². The van der Waals surface area contributed by atoms with E-state index in [0.717, 1.165) is 16.8 Å². The number of amides is 1. The van der Waals surface area contributed by atoms with E-state index < -0.39 is 27.6 Å². The molecule has 1 aliphatic heterocycles. The molecule has 1 fully saturated rings. The first-order valence-electron chi connectivity index (χ1n) is 9.10. The number of carbonyl (C=O) groups is 1. The first kappa shape index (κ1) is 19.5. The van der Waals surface area contributed by atoms with Crippen LogP contribution >= 0.6 is 0 Å². The van der Waals surface area contributed by atoms with E-state index in [1.807, 2.05) is 24.3 Å². The summed E-state index contributed by atoms with van der Waals surface area (Å²) < 4.78 is 54.6. The van der Waals surface area contributed by atoms with Crippen LogP contribution in [0, 0.1) is 11.6 Å². The topological polar surface area (TPSA) is 57.7 Å². The molecular formula is C21H18F2N2O3S. The highest BCUT2D eigenvalue weighted by Crippen LogP contribution is 2.23. The molecule has 29 heavy (non-hydrogen) atoms. The van der Waals surface area contributed by atoms with Crippen LogP contribution in [0.1, 0.15) is 10.4 Å². The fourth-order valence-electron chi connectivity index (χ4n) is 3.45. The molecule has 8 heteroatoms. The number of benzene rings is 3. The van der Waals surface area contributed by atoms with E-state index >= 15 is 0 Å². The summed E-state index contributed by atoms with van der Waals surface area (Å²) in [6.45, 7) is 0.360. The van der Waals surface area contributed by atoms with Gasteiger partial charge in [0.1, 0.15) is 0 Å². The Hall–Kier alpha value is -2.84. The van der Waals surface area contributed by atoms with E-state index in [4.69, 9.17) is 0 Å². The van der Waals surface area contributed by atoms with Crippen LogP contribution in [0.15, 0.2) is 65.6 Å². The van der Waals surface area contributed by atoms with Crippen molar-refractivity contribution in [2.45, 2.75) is 4.90 Å². The van der Waals surface area contributed by atoms with E-state index in [1.54, 1.807) is 18.2 Å². The summed E-state index contributed by atoms with van der Waals surface area (Å²) in [6.07, 6.45) is 0. The molecular weight excluding hydrogens is 398 g/mol. The lowest BCUT2D eigenvalue weighted by molar-refractivity contribution is 0.0692. The lowest BCUT2D eigenvalue weighted by atomic mass is 10.1. The average Bonchev–Trinajstić information content (AvgIpc) is 2.75. The molecule has 150 valence electrons. The SMILES string of the molecule is O=C(c1cccc(F)c1F)N1CCN(S(=O)(=O)c2ccc3ccccc3c2)CC1. The van der Waals surface area contributed by atoms with Gasteiger partial charge in [-0.3, -0.25) is 4.79 Å². The number of rotatable bonds is 3. The molecule has 0 unspecified atom stereocenters. The summed E-state index contributed by atoms with van der Waals surface area (Å²) in [6, 6.07) is 15.9. The average molecular weight is 416 g/mol. The van der Waals surface area contributed by atoms with Gasteiger partial charge in [0.25, 0.3) is 5.91 Å². The molecule has 0 atom stereocenters. The third kappa shape index (κ3) is 3.61. The van der Waals surface area contributed by atoms with Crippen molar-refractivity contribution in [1.29, 1.82) is 0 Å². The molecule has 0 aromatic heterocycles. The van der Waals surface area contributed by atoms with Crippen molar-refractivity contribution in [3.8, 4) is 0 Å². The predicted octanol–water partition coefficient (Wildman–Crippen LogP) is 3.26. The molecule has 1 heterocycles. The molecule has 1 saturated heterocycles. The van der Waals surface area contributed by atoms with Crippen molar-refractivity contribution in [2.75, 3.05) is 26.2 Å². The number of sulfonamides is 1. The molecule has 0 radical (unpaired) electrons. The second-order valence-corrected chi connectivity index (χ2v) is 8.74. The lowest BCUT2D eigenvalue weighted by Gasteiger charge is -2.34. The fraction of sp³-hybridized carbons (Fsp3) is 0.190. The van der Waals surface area contributed by atoms with E-state index in [1.165, 1.54) is 21.3 Å². The minimum absolute atomic E-state index is 0.0812. The number of fused-ring (bicyclic) bond motifs is 1. The first-order chi connectivity index (χ1) is 13.9. The molecule has 0 spiro atoms.